The monoisotopic (exact) mass is 591 g/mol. The molecule has 5 nitrogen and oxygen atoms in total. The third kappa shape index (κ3) is 3.36. The van der Waals surface area contributed by atoms with Crippen LogP contribution in [0.3, 0.4) is 0 Å². The number of phenols is 1. The van der Waals surface area contributed by atoms with E-state index in [1.165, 1.54) is 45.9 Å². The summed E-state index contributed by atoms with van der Waals surface area (Å²) in [4.78, 5) is 2.75. The summed E-state index contributed by atoms with van der Waals surface area (Å²) in [6, 6.07) is 27.8. The van der Waals surface area contributed by atoms with Crippen molar-refractivity contribution in [1.29, 1.82) is 0 Å². The van der Waals surface area contributed by atoms with Gasteiger partial charge < -0.3 is 19.0 Å². The molecule has 5 aromatic rings. The standard InChI is InChI=1S/C37H33NO4.ClH/c39-29-14-13-26-18-31-37(40-21-23-11-12-24-5-1-2-6-25(24)17-23)19-28-27-7-3-4-8-30(27)41-33(28)35-36(37,32(26)34(29)42-35)15-16-38(31)20-22-9-10-22;/h1-8,11-14,17,22,31,35,39H,9-10,15-16,18-21H2;1H/t31-,35+,36+,37-;/m1./s1. The van der Waals surface area contributed by atoms with Crippen molar-refractivity contribution in [3.63, 3.8) is 0 Å². The quantitative estimate of drug-likeness (QED) is 0.228. The minimum Gasteiger partial charge on any atom is -0.504 e. The minimum absolute atomic E-state index is 0. The predicted molar refractivity (Wildman–Crippen MR) is 168 cm³/mol. The highest BCUT2D eigenvalue weighted by Gasteiger charge is 2.74. The number of fused-ring (bicyclic) bond motifs is 5. The lowest BCUT2D eigenvalue weighted by atomic mass is 9.49. The first-order valence-electron chi connectivity index (χ1n) is 15.5. The first-order valence-corrected chi connectivity index (χ1v) is 15.5. The van der Waals surface area contributed by atoms with E-state index in [0.717, 1.165) is 55.0 Å². The molecule has 43 heavy (non-hydrogen) atoms. The Bertz CT molecular complexity index is 1930. The van der Waals surface area contributed by atoms with Gasteiger partial charge in [0.05, 0.1) is 12.0 Å². The van der Waals surface area contributed by atoms with Crippen molar-refractivity contribution in [3.8, 4) is 11.5 Å². The molecular formula is C37H34ClNO4. The normalized spacial score (nSPS) is 28.3. The van der Waals surface area contributed by atoms with E-state index in [-0.39, 0.29) is 30.3 Å². The smallest absolute Gasteiger partial charge is 0.169 e. The molecule has 1 saturated heterocycles. The number of nitrogens with zero attached hydrogens (tertiary/aromatic N) is 1. The number of aromatic hydroxyl groups is 1. The zero-order valence-electron chi connectivity index (χ0n) is 23.9. The fraction of sp³-hybridized carbons (Fsp3) is 0.351. The molecule has 3 heterocycles. The molecule has 6 heteroatoms. The van der Waals surface area contributed by atoms with Crippen LogP contribution >= 0.6 is 12.4 Å². The van der Waals surface area contributed by atoms with Gasteiger partial charge >= 0.3 is 0 Å². The maximum absolute atomic E-state index is 11.2. The van der Waals surface area contributed by atoms with Crippen molar-refractivity contribution in [1.82, 2.24) is 4.90 Å². The van der Waals surface area contributed by atoms with E-state index in [2.05, 4.69) is 71.6 Å². The molecule has 1 spiro atoms. The molecule has 10 rings (SSSR count). The van der Waals surface area contributed by atoms with Crippen LogP contribution in [-0.2, 0) is 29.6 Å². The van der Waals surface area contributed by atoms with E-state index in [4.69, 9.17) is 13.9 Å². The van der Waals surface area contributed by atoms with Crippen LogP contribution in [0.5, 0.6) is 11.5 Å². The fourth-order valence-electron chi connectivity index (χ4n) is 9.21. The maximum Gasteiger partial charge on any atom is 0.169 e. The van der Waals surface area contributed by atoms with Gasteiger partial charge in [0.2, 0.25) is 0 Å². The Kier molecular flexibility index (Phi) is 5.43. The predicted octanol–water partition coefficient (Wildman–Crippen LogP) is 7.64. The summed E-state index contributed by atoms with van der Waals surface area (Å²) in [5.74, 6) is 2.56. The van der Waals surface area contributed by atoms with E-state index < -0.39 is 11.0 Å². The maximum atomic E-state index is 11.2. The molecule has 218 valence electrons. The zero-order valence-corrected chi connectivity index (χ0v) is 24.7. The summed E-state index contributed by atoms with van der Waals surface area (Å²) in [6.07, 6.45) is 4.91. The van der Waals surface area contributed by atoms with Gasteiger partial charge in [-0.15, -0.1) is 12.4 Å². The average Bonchev–Trinajstić information content (AvgIpc) is 3.66. The molecule has 0 radical (unpaired) electrons. The van der Waals surface area contributed by atoms with Crippen LogP contribution in [0.2, 0.25) is 0 Å². The lowest BCUT2D eigenvalue weighted by Gasteiger charge is -2.64. The summed E-state index contributed by atoms with van der Waals surface area (Å²) in [5, 5.41) is 14.8. The minimum atomic E-state index is -0.526. The zero-order chi connectivity index (χ0) is 27.6. The number of hydrogen-bond donors (Lipinski definition) is 1. The van der Waals surface area contributed by atoms with Gasteiger partial charge in [-0.3, -0.25) is 4.90 Å². The van der Waals surface area contributed by atoms with Crippen LogP contribution in [0.1, 0.15) is 53.4 Å². The third-order valence-electron chi connectivity index (χ3n) is 11.2. The number of piperidine rings is 1. The average molecular weight is 592 g/mol. The molecule has 1 N–H and O–H groups in total. The molecule has 2 aliphatic heterocycles. The van der Waals surface area contributed by atoms with Crippen LogP contribution in [-0.4, -0.2) is 34.7 Å². The second-order valence-corrected chi connectivity index (χ2v) is 13.3. The highest BCUT2D eigenvalue weighted by molar-refractivity contribution is 5.85. The van der Waals surface area contributed by atoms with Gasteiger partial charge in [0.15, 0.2) is 17.6 Å². The molecular weight excluding hydrogens is 558 g/mol. The van der Waals surface area contributed by atoms with Crippen LogP contribution in [0.4, 0.5) is 0 Å². The number of para-hydroxylation sites is 1. The highest BCUT2D eigenvalue weighted by atomic mass is 35.5. The summed E-state index contributed by atoms with van der Waals surface area (Å²) >= 11 is 0. The van der Waals surface area contributed by atoms with E-state index in [1.807, 2.05) is 12.1 Å². The number of likely N-dealkylation sites (tertiary alicyclic amines) is 1. The van der Waals surface area contributed by atoms with Crippen LogP contribution in [0.25, 0.3) is 21.7 Å². The van der Waals surface area contributed by atoms with E-state index >= 15 is 0 Å². The van der Waals surface area contributed by atoms with Gasteiger partial charge in [0.25, 0.3) is 0 Å². The summed E-state index contributed by atoms with van der Waals surface area (Å²) < 4.78 is 21.1. The molecule has 4 aromatic carbocycles. The van der Waals surface area contributed by atoms with Crippen molar-refractivity contribution in [2.24, 2.45) is 5.92 Å². The van der Waals surface area contributed by atoms with Gasteiger partial charge in [-0.2, -0.15) is 0 Å². The second-order valence-electron chi connectivity index (χ2n) is 13.3. The molecule has 3 aliphatic carbocycles. The van der Waals surface area contributed by atoms with E-state index in [1.54, 1.807) is 0 Å². The number of halogens is 1. The summed E-state index contributed by atoms with van der Waals surface area (Å²) in [6.45, 7) is 2.67. The number of rotatable bonds is 5. The number of hydrogen-bond acceptors (Lipinski definition) is 5. The largest absolute Gasteiger partial charge is 0.504 e. The Morgan fingerprint density at radius 3 is 2.67 bits per heavy atom. The Labute approximate surface area is 256 Å². The van der Waals surface area contributed by atoms with Gasteiger partial charge in [0.1, 0.15) is 16.9 Å². The molecule has 1 aromatic heterocycles. The van der Waals surface area contributed by atoms with Gasteiger partial charge in [0, 0.05) is 35.5 Å². The summed E-state index contributed by atoms with van der Waals surface area (Å²) in [5.41, 5.74) is 4.79. The summed E-state index contributed by atoms with van der Waals surface area (Å²) in [7, 11) is 0. The van der Waals surface area contributed by atoms with E-state index in [9.17, 15) is 5.11 Å². The van der Waals surface area contributed by atoms with E-state index in [0.29, 0.717) is 12.4 Å². The lowest BCUT2D eigenvalue weighted by Crippen LogP contribution is -2.75. The first kappa shape index (κ1) is 25.9. The second kappa shape index (κ2) is 9.01. The Morgan fingerprint density at radius 2 is 1.79 bits per heavy atom. The van der Waals surface area contributed by atoms with Crippen molar-refractivity contribution < 1.29 is 19.0 Å². The van der Waals surface area contributed by atoms with Crippen molar-refractivity contribution in [3.05, 3.63) is 107 Å². The van der Waals surface area contributed by atoms with Crippen molar-refractivity contribution in [2.75, 3.05) is 13.1 Å². The Morgan fingerprint density at radius 1 is 0.953 bits per heavy atom. The first-order chi connectivity index (χ1) is 20.6. The molecule has 4 atom stereocenters. The van der Waals surface area contributed by atoms with Crippen molar-refractivity contribution >= 4 is 34.1 Å². The number of furan rings is 1. The molecule has 2 fully saturated rings. The van der Waals surface area contributed by atoms with Gasteiger partial charge in [-0.1, -0.05) is 60.7 Å². The van der Waals surface area contributed by atoms with Crippen LogP contribution < -0.4 is 4.74 Å². The lowest BCUT2D eigenvalue weighted by molar-refractivity contribution is -0.212. The molecule has 1 saturated carbocycles. The number of phenolic OH excluding ortho intramolecular Hbond substituents is 1. The molecule has 2 bridgehead atoms. The Balaban J connectivity index is 0.00000260. The SMILES string of the molecule is Cl.Oc1ccc2c3c1O[C@H]1c4oc5ccccc5c4C[C@@]4(OCc5ccc6ccccc6c5)[C@@H](C2)N(CC2CC2)CC[C@]314. The van der Waals surface area contributed by atoms with Gasteiger partial charge in [-0.05, 0) is 78.2 Å². The van der Waals surface area contributed by atoms with Gasteiger partial charge in [-0.25, -0.2) is 0 Å². The number of ether oxygens (including phenoxy) is 2. The molecule has 0 unspecified atom stereocenters. The topological polar surface area (TPSA) is 55.1 Å². The van der Waals surface area contributed by atoms with Crippen molar-refractivity contribution in [2.45, 2.75) is 61.9 Å². The highest BCUT2D eigenvalue weighted by Crippen LogP contribution is 2.70. The molecule has 0 amide bonds. The fourth-order valence-corrected chi connectivity index (χ4v) is 9.21. The third-order valence-corrected chi connectivity index (χ3v) is 11.2. The van der Waals surface area contributed by atoms with Crippen LogP contribution in [0, 0.1) is 5.92 Å². The molecule has 5 aliphatic rings. The number of benzene rings is 4. The Hall–Kier alpha value is -3.51. The van der Waals surface area contributed by atoms with Crippen LogP contribution in [0.15, 0.2) is 83.3 Å².